The molecule has 25 heavy (non-hydrogen) atoms. The molecule has 2 aromatic heterocycles. The van der Waals surface area contributed by atoms with Crippen molar-refractivity contribution in [2.75, 3.05) is 11.9 Å². The number of hydrogen-bond donors (Lipinski definition) is 1. The maximum atomic E-state index is 12.4. The molecule has 7 heteroatoms. The number of anilines is 1. The lowest BCUT2D eigenvalue weighted by molar-refractivity contribution is 0.107. The number of rotatable bonds is 3. The van der Waals surface area contributed by atoms with Crippen molar-refractivity contribution < 1.29 is 4.74 Å². The van der Waals surface area contributed by atoms with Gasteiger partial charge in [-0.2, -0.15) is 5.10 Å². The van der Waals surface area contributed by atoms with Gasteiger partial charge in [-0.15, -0.1) is 0 Å². The van der Waals surface area contributed by atoms with Crippen molar-refractivity contribution in [3.8, 4) is 0 Å². The number of hydrogen-bond acceptors (Lipinski definition) is 6. The molecule has 2 aromatic rings. The van der Waals surface area contributed by atoms with Gasteiger partial charge >= 0.3 is 0 Å². The topological polar surface area (TPSA) is 81.9 Å². The molecular formula is C18H23N5O2. The Labute approximate surface area is 146 Å². The van der Waals surface area contributed by atoms with Crippen LogP contribution < -0.4 is 10.9 Å². The van der Waals surface area contributed by atoms with E-state index in [-0.39, 0.29) is 11.6 Å². The number of aromatic nitrogens is 4. The molecule has 0 aromatic carbocycles. The molecule has 4 rings (SSSR count). The maximum Gasteiger partial charge on any atom is 0.267 e. The molecule has 0 radical (unpaired) electrons. The first kappa shape index (κ1) is 16.2. The minimum Gasteiger partial charge on any atom is -0.376 e. The summed E-state index contributed by atoms with van der Waals surface area (Å²) in [6, 6.07) is 4.17. The smallest absolute Gasteiger partial charge is 0.267 e. The van der Waals surface area contributed by atoms with E-state index in [1.165, 1.54) is 0 Å². The van der Waals surface area contributed by atoms with E-state index in [9.17, 15) is 4.79 Å². The monoisotopic (exact) mass is 341 g/mol. The van der Waals surface area contributed by atoms with E-state index >= 15 is 0 Å². The van der Waals surface area contributed by atoms with Gasteiger partial charge in [0.15, 0.2) is 0 Å². The van der Waals surface area contributed by atoms with Gasteiger partial charge in [-0.3, -0.25) is 4.79 Å². The lowest BCUT2D eigenvalue weighted by atomic mass is 9.91. The Balaban J connectivity index is 1.43. The van der Waals surface area contributed by atoms with Crippen LogP contribution in [0.5, 0.6) is 0 Å². The third kappa shape index (κ3) is 3.56. The summed E-state index contributed by atoms with van der Waals surface area (Å²) >= 11 is 0. The summed E-state index contributed by atoms with van der Waals surface area (Å²) in [4.78, 5) is 20.9. The van der Waals surface area contributed by atoms with Crippen LogP contribution in [0.2, 0.25) is 0 Å². The van der Waals surface area contributed by atoms with Crippen LogP contribution >= 0.6 is 0 Å². The average Bonchev–Trinajstić information content (AvgIpc) is 2.62. The summed E-state index contributed by atoms with van der Waals surface area (Å²) in [5, 5.41) is 8.12. The van der Waals surface area contributed by atoms with Crippen molar-refractivity contribution in [2.24, 2.45) is 0 Å². The first-order chi connectivity index (χ1) is 12.2. The Kier molecular flexibility index (Phi) is 4.48. The summed E-state index contributed by atoms with van der Waals surface area (Å²) in [6.45, 7) is 3.09. The molecular weight excluding hydrogens is 318 g/mol. The van der Waals surface area contributed by atoms with Crippen molar-refractivity contribution in [1.82, 2.24) is 19.7 Å². The Morgan fingerprint density at radius 2 is 2.12 bits per heavy atom. The Morgan fingerprint density at radius 3 is 2.92 bits per heavy atom. The molecule has 1 aliphatic heterocycles. The largest absolute Gasteiger partial charge is 0.376 e. The lowest BCUT2D eigenvalue weighted by Gasteiger charge is -2.30. The molecule has 1 N–H and O–H groups in total. The molecule has 132 valence electrons. The molecule has 1 fully saturated rings. The Hall–Kier alpha value is -2.28. The number of aryl methyl sites for hydroxylation is 1. The second kappa shape index (κ2) is 6.92. The highest BCUT2D eigenvalue weighted by Crippen LogP contribution is 2.29. The van der Waals surface area contributed by atoms with Gasteiger partial charge in [-0.25, -0.2) is 14.6 Å². The van der Waals surface area contributed by atoms with Gasteiger partial charge in [-0.05, 0) is 38.7 Å². The molecule has 0 bridgehead atoms. The predicted octanol–water partition coefficient (Wildman–Crippen LogP) is 2.01. The number of fused-ring (bicyclic) bond motifs is 1. The first-order valence-electron chi connectivity index (χ1n) is 8.94. The molecule has 0 atom stereocenters. The van der Waals surface area contributed by atoms with Gasteiger partial charge in [0.05, 0.1) is 24.9 Å². The van der Waals surface area contributed by atoms with Crippen molar-refractivity contribution in [2.45, 2.75) is 57.7 Å². The molecule has 3 heterocycles. The van der Waals surface area contributed by atoms with E-state index in [1.54, 1.807) is 16.9 Å². The van der Waals surface area contributed by atoms with E-state index in [0.29, 0.717) is 19.3 Å². The highest BCUT2D eigenvalue weighted by atomic mass is 16.5. The molecule has 1 aliphatic carbocycles. The van der Waals surface area contributed by atoms with Gasteiger partial charge < -0.3 is 10.1 Å². The third-order valence-electron chi connectivity index (χ3n) is 5.03. The summed E-state index contributed by atoms with van der Waals surface area (Å²) in [7, 11) is 0. The van der Waals surface area contributed by atoms with Crippen LogP contribution in [-0.2, 0) is 17.8 Å². The fourth-order valence-electron chi connectivity index (χ4n) is 3.70. The number of ether oxygens (including phenoxy) is 1. The SMILES string of the molecule is Cc1nccc(NC2CCC(n3nc4c(cc3=O)COCC4)CC2)n1. The van der Waals surface area contributed by atoms with Gasteiger partial charge in [0.2, 0.25) is 0 Å². The van der Waals surface area contributed by atoms with Gasteiger partial charge in [0.25, 0.3) is 5.56 Å². The maximum absolute atomic E-state index is 12.4. The second-order valence-corrected chi connectivity index (χ2v) is 6.84. The number of nitrogens with zero attached hydrogens (tertiary/aromatic N) is 4. The molecule has 2 aliphatic rings. The van der Waals surface area contributed by atoms with Crippen molar-refractivity contribution in [3.63, 3.8) is 0 Å². The highest BCUT2D eigenvalue weighted by molar-refractivity contribution is 5.34. The van der Waals surface area contributed by atoms with Crippen LogP contribution in [0.4, 0.5) is 5.82 Å². The van der Waals surface area contributed by atoms with Crippen LogP contribution in [0, 0.1) is 6.92 Å². The van der Waals surface area contributed by atoms with E-state index in [1.807, 2.05) is 13.0 Å². The zero-order valence-electron chi connectivity index (χ0n) is 14.4. The van der Waals surface area contributed by atoms with Crippen LogP contribution in [0.1, 0.15) is 48.8 Å². The van der Waals surface area contributed by atoms with E-state index < -0.39 is 0 Å². The normalized spacial score (nSPS) is 23.1. The van der Waals surface area contributed by atoms with Gasteiger partial charge in [0.1, 0.15) is 11.6 Å². The van der Waals surface area contributed by atoms with Crippen molar-refractivity contribution in [3.05, 3.63) is 45.8 Å². The number of nitrogens with one attached hydrogen (secondary N) is 1. The third-order valence-corrected chi connectivity index (χ3v) is 5.03. The van der Waals surface area contributed by atoms with Crippen LogP contribution in [0.15, 0.2) is 23.1 Å². The molecule has 0 saturated heterocycles. The average molecular weight is 341 g/mol. The standard InChI is InChI=1S/C18H23N5O2/c1-12-19-8-6-17(20-12)21-14-2-4-15(5-3-14)23-18(24)10-13-11-25-9-7-16(13)22-23/h6,8,10,14-15H,2-5,7,9,11H2,1H3,(H,19,20,21). The first-order valence-corrected chi connectivity index (χ1v) is 8.94. The Bertz CT molecular complexity index is 811. The minimum atomic E-state index is -0.00733. The van der Waals surface area contributed by atoms with Crippen LogP contribution in [0.3, 0.4) is 0 Å². The van der Waals surface area contributed by atoms with Crippen molar-refractivity contribution >= 4 is 5.82 Å². The summed E-state index contributed by atoms with van der Waals surface area (Å²) in [5.74, 6) is 1.65. The van der Waals surface area contributed by atoms with Crippen LogP contribution in [0.25, 0.3) is 0 Å². The second-order valence-electron chi connectivity index (χ2n) is 6.84. The van der Waals surface area contributed by atoms with E-state index in [2.05, 4.69) is 20.4 Å². The van der Waals surface area contributed by atoms with Crippen LogP contribution in [-0.4, -0.2) is 32.4 Å². The Morgan fingerprint density at radius 1 is 1.28 bits per heavy atom. The van der Waals surface area contributed by atoms with E-state index in [4.69, 9.17) is 4.74 Å². The molecule has 0 amide bonds. The summed E-state index contributed by atoms with van der Waals surface area (Å²) in [5.41, 5.74) is 1.96. The minimum absolute atomic E-state index is 0.00733. The predicted molar refractivity (Wildman–Crippen MR) is 93.5 cm³/mol. The van der Waals surface area contributed by atoms with Gasteiger partial charge in [-0.1, -0.05) is 0 Å². The summed E-state index contributed by atoms with van der Waals surface area (Å²) < 4.78 is 7.11. The fraction of sp³-hybridized carbons (Fsp3) is 0.556. The van der Waals surface area contributed by atoms with Crippen molar-refractivity contribution in [1.29, 1.82) is 0 Å². The molecule has 0 unspecified atom stereocenters. The van der Waals surface area contributed by atoms with E-state index in [0.717, 1.165) is 55.0 Å². The zero-order chi connectivity index (χ0) is 17.2. The molecule has 1 saturated carbocycles. The molecule has 0 spiro atoms. The molecule has 7 nitrogen and oxygen atoms in total. The highest BCUT2D eigenvalue weighted by Gasteiger charge is 2.25. The fourth-order valence-corrected chi connectivity index (χ4v) is 3.70. The lowest BCUT2D eigenvalue weighted by Crippen LogP contribution is -2.35. The van der Waals surface area contributed by atoms with Gasteiger partial charge in [0, 0.05) is 30.3 Å². The quantitative estimate of drug-likeness (QED) is 0.920. The zero-order valence-corrected chi connectivity index (χ0v) is 14.4. The summed E-state index contributed by atoms with van der Waals surface area (Å²) in [6.07, 6.45) is 6.47.